The van der Waals surface area contributed by atoms with Crippen LogP contribution in [0.15, 0.2) is 30.5 Å². The van der Waals surface area contributed by atoms with Crippen LogP contribution >= 0.6 is 22.9 Å². The minimum atomic E-state index is -0.492. The first-order valence-corrected chi connectivity index (χ1v) is 8.18. The smallest absolute Gasteiger partial charge is 0.342 e. The molecular weight excluding hydrogens is 350 g/mol. The van der Waals surface area contributed by atoms with Crippen molar-refractivity contribution in [2.75, 3.05) is 14.2 Å². The third-order valence-corrected chi connectivity index (χ3v) is 4.62. The summed E-state index contributed by atoms with van der Waals surface area (Å²) in [5.41, 5.74) is 1.90. The Morgan fingerprint density at radius 3 is 2.62 bits per heavy atom. The summed E-state index contributed by atoms with van der Waals surface area (Å²) in [6.07, 6.45) is 1.36. The molecule has 0 saturated heterocycles. The Kier molecular flexibility index (Phi) is 4.55. The fourth-order valence-electron chi connectivity index (χ4n) is 2.31. The van der Waals surface area contributed by atoms with Gasteiger partial charge in [0.25, 0.3) is 0 Å². The van der Waals surface area contributed by atoms with Gasteiger partial charge in [0.05, 0.1) is 31.1 Å². The molecule has 0 N–H and O–H groups in total. The summed E-state index contributed by atoms with van der Waals surface area (Å²) in [7, 11) is 2.81. The molecular formula is C16H14ClN3O3S. The molecule has 2 aromatic heterocycles. The van der Waals surface area contributed by atoms with Crippen LogP contribution in [0.3, 0.4) is 0 Å². The molecule has 6 nitrogen and oxygen atoms in total. The first kappa shape index (κ1) is 16.5. The Morgan fingerprint density at radius 1 is 1.29 bits per heavy atom. The van der Waals surface area contributed by atoms with Gasteiger partial charge in [0.2, 0.25) is 4.96 Å². The molecule has 0 aliphatic rings. The van der Waals surface area contributed by atoms with Crippen molar-refractivity contribution in [3.8, 4) is 11.3 Å². The molecule has 3 aromatic rings. The number of rotatable bonds is 4. The van der Waals surface area contributed by atoms with Crippen LogP contribution < -0.4 is 0 Å². The van der Waals surface area contributed by atoms with Gasteiger partial charge in [0.15, 0.2) is 0 Å². The number of benzene rings is 1. The van der Waals surface area contributed by atoms with Crippen LogP contribution in [0.4, 0.5) is 0 Å². The number of methoxy groups -OCH3 is 2. The molecule has 0 unspecified atom stereocenters. The second-order valence-electron chi connectivity index (χ2n) is 4.90. The molecule has 0 aliphatic carbocycles. The quantitative estimate of drug-likeness (QED) is 0.402. The van der Waals surface area contributed by atoms with Gasteiger partial charge in [-0.05, 0) is 19.1 Å². The Hall–Kier alpha value is -2.38. The number of carbonyl (C=O) groups excluding carboxylic acids is 1. The van der Waals surface area contributed by atoms with Gasteiger partial charge in [-0.1, -0.05) is 35.1 Å². The third kappa shape index (κ3) is 2.88. The second-order valence-corrected chi connectivity index (χ2v) is 6.31. The summed E-state index contributed by atoms with van der Waals surface area (Å²) in [5.74, 6) is 0.159. The molecule has 0 atom stereocenters. The number of esters is 1. The average molecular weight is 364 g/mol. The highest BCUT2D eigenvalue weighted by atomic mass is 35.5. The molecule has 124 valence electrons. The lowest BCUT2D eigenvalue weighted by Gasteiger charge is -2.07. The zero-order valence-electron chi connectivity index (χ0n) is 13.2. The maximum atomic E-state index is 12.2. The largest absolute Gasteiger partial charge is 0.503 e. The van der Waals surface area contributed by atoms with Crippen molar-refractivity contribution < 1.29 is 14.3 Å². The van der Waals surface area contributed by atoms with Gasteiger partial charge in [0, 0.05) is 10.6 Å². The second kappa shape index (κ2) is 6.62. The Balaban J connectivity index is 2.29. The van der Waals surface area contributed by atoms with Gasteiger partial charge in [-0.3, -0.25) is 0 Å². The maximum Gasteiger partial charge on any atom is 0.342 e. The molecule has 0 bridgehead atoms. The molecule has 0 fully saturated rings. The highest BCUT2D eigenvalue weighted by Gasteiger charge is 2.25. The number of nitrogens with zero attached hydrogens (tertiary/aromatic N) is 3. The predicted octanol–water partition coefficient (Wildman–Crippen LogP) is 3.58. The van der Waals surface area contributed by atoms with E-state index in [1.807, 2.05) is 19.1 Å². The fourth-order valence-corrected chi connectivity index (χ4v) is 3.56. The number of aromatic nitrogens is 3. The van der Waals surface area contributed by atoms with E-state index in [1.54, 1.807) is 16.6 Å². The Morgan fingerprint density at radius 2 is 2.00 bits per heavy atom. The number of thiazole rings is 1. The summed E-state index contributed by atoms with van der Waals surface area (Å²) in [6, 6.07) is 7.30. The van der Waals surface area contributed by atoms with E-state index in [9.17, 15) is 4.79 Å². The van der Waals surface area contributed by atoms with Crippen LogP contribution in [-0.4, -0.2) is 34.8 Å². The predicted molar refractivity (Wildman–Crippen MR) is 93.0 cm³/mol. The number of hydrogen-bond donors (Lipinski definition) is 0. The Bertz CT molecular complexity index is 928. The molecule has 0 radical (unpaired) electrons. The fraction of sp³-hybridized carbons (Fsp3) is 0.188. The number of carbonyl (C=O) groups is 1. The SMILES string of the molecule is COC=C(C(=O)OC)c1sc2nc(C)nn2c1-c1ccc(Cl)cc1. The zero-order valence-corrected chi connectivity index (χ0v) is 14.8. The van der Waals surface area contributed by atoms with Gasteiger partial charge >= 0.3 is 5.97 Å². The van der Waals surface area contributed by atoms with Crippen molar-refractivity contribution in [1.29, 1.82) is 0 Å². The van der Waals surface area contributed by atoms with Gasteiger partial charge in [-0.2, -0.15) is 5.10 Å². The zero-order chi connectivity index (χ0) is 17.3. The van der Waals surface area contributed by atoms with Crippen molar-refractivity contribution in [1.82, 2.24) is 14.6 Å². The maximum absolute atomic E-state index is 12.2. The van der Waals surface area contributed by atoms with Gasteiger partial charge in [-0.25, -0.2) is 14.3 Å². The van der Waals surface area contributed by atoms with Gasteiger partial charge < -0.3 is 9.47 Å². The molecule has 24 heavy (non-hydrogen) atoms. The number of aryl methyl sites for hydroxylation is 1. The van der Waals surface area contributed by atoms with E-state index < -0.39 is 5.97 Å². The topological polar surface area (TPSA) is 65.7 Å². The van der Waals surface area contributed by atoms with E-state index >= 15 is 0 Å². The molecule has 2 heterocycles. The van der Waals surface area contributed by atoms with Crippen molar-refractivity contribution >= 4 is 39.4 Å². The number of hydrogen-bond acceptors (Lipinski definition) is 6. The standard InChI is InChI=1S/C16H14ClN3O3S/c1-9-18-16-20(19-9)13(10-4-6-11(17)7-5-10)14(24-16)12(8-22-2)15(21)23-3/h4-8H,1-3H3. The number of ether oxygens (including phenoxy) is 2. The number of fused-ring (bicyclic) bond motifs is 1. The van der Waals surface area contributed by atoms with E-state index in [0.717, 1.165) is 11.3 Å². The van der Waals surface area contributed by atoms with Crippen molar-refractivity contribution in [2.24, 2.45) is 0 Å². The third-order valence-electron chi connectivity index (χ3n) is 3.31. The average Bonchev–Trinajstić information content (AvgIpc) is 3.08. The highest BCUT2D eigenvalue weighted by Crippen LogP contribution is 2.36. The summed E-state index contributed by atoms with van der Waals surface area (Å²) in [5, 5.41) is 5.05. The van der Waals surface area contributed by atoms with Crippen LogP contribution in [0.2, 0.25) is 5.02 Å². The lowest BCUT2D eigenvalue weighted by atomic mass is 10.1. The van der Waals surface area contributed by atoms with Crippen LogP contribution in [0.1, 0.15) is 10.7 Å². The van der Waals surface area contributed by atoms with Crippen LogP contribution in [-0.2, 0) is 14.3 Å². The van der Waals surface area contributed by atoms with Crippen molar-refractivity contribution in [2.45, 2.75) is 6.92 Å². The molecule has 1 aromatic carbocycles. The van der Waals surface area contributed by atoms with Gasteiger partial charge in [0.1, 0.15) is 11.4 Å². The lowest BCUT2D eigenvalue weighted by molar-refractivity contribution is -0.133. The van der Waals surface area contributed by atoms with Crippen molar-refractivity contribution in [3.63, 3.8) is 0 Å². The molecule has 0 spiro atoms. The molecule has 3 rings (SSSR count). The van der Waals surface area contributed by atoms with Crippen LogP contribution in [0.25, 0.3) is 21.8 Å². The summed E-state index contributed by atoms with van der Waals surface area (Å²) in [6.45, 7) is 1.82. The molecule has 0 aliphatic heterocycles. The summed E-state index contributed by atoms with van der Waals surface area (Å²) < 4.78 is 11.6. The van der Waals surface area contributed by atoms with E-state index in [2.05, 4.69) is 10.1 Å². The van der Waals surface area contributed by atoms with Crippen LogP contribution in [0.5, 0.6) is 0 Å². The monoisotopic (exact) mass is 363 g/mol. The molecule has 8 heteroatoms. The van der Waals surface area contributed by atoms with Gasteiger partial charge in [-0.15, -0.1) is 0 Å². The molecule has 0 amide bonds. The highest BCUT2D eigenvalue weighted by molar-refractivity contribution is 7.18. The van der Waals surface area contributed by atoms with E-state index in [1.165, 1.54) is 31.8 Å². The van der Waals surface area contributed by atoms with E-state index in [4.69, 9.17) is 21.1 Å². The number of halogens is 1. The Labute approximate surface area is 147 Å². The minimum Gasteiger partial charge on any atom is -0.503 e. The lowest BCUT2D eigenvalue weighted by Crippen LogP contribution is -2.05. The normalized spacial score (nSPS) is 11.8. The van der Waals surface area contributed by atoms with Crippen molar-refractivity contribution in [3.05, 3.63) is 46.3 Å². The van der Waals surface area contributed by atoms with E-state index in [-0.39, 0.29) is 0 Å². The first-order valence-electron chi connectivity index (χ1n) is 6.99. The van der Waals surface area contributed by atoms with E-state index in [0.29, 0.717) is 26.3 Å². The summed E-state index contributed by atoms with van der Waals surface area (Å²) >= 11 is 7.33. The minimum absolute atomic E-state index is 0.305. The summed E-state index contributed by atoms with van der Waals surface area (Å²) in [4.78, 5) is 17.9. The molecule has 0 saturated carbocycles. The first-order chi connectivity index (χ1) is 11.5. The van der Waals surface area contributed by atoms with Crippen LogP contribution in [0, 0.1) is 6.92 Å².